The molecule has 253 valence electrons. The number of carbonyl (C=O) groups excluding carboxylic acids is 1. The van der Waals surface area contributed by atoms with E-state index in [1.54, 1.807) is 0 Å². The molecule has 2 aromatic heterocycles. The Labute approximate surface area is 298 Å². The van der Waals surface area contributed by atoms with E-state index in [-0.39, 0.29) is 47.9 Å². The number of allylic oxidation sites excluding steroid dienone is 2. The van der Waals surface area contributed by atoms with Crippen molar-refractivity contribution in [2.75, 3.05) is 0 Å². The zero-order chi connectivity index (χ0) is 34.2. The molecule has 0 amide bonds. The SMILES string of the molecule is CC(C)(C)c1cc(-c2nccc3c2oc2c[c]([Ge]([CH3])([CH3])[CH3])ccc23)[c-]c2ccccc12.CCC(C)(C)C(=O)/C=C(\O)C(C)(C)CC.[Ir]. The maximum atomic E-state index is 11.8. The van der Waals surface area contributed by atoms with Crippen LogP contribution in [0.4, 0.5) is 0 Å². The minimum atomic E-state index is -1.94. The maximum Gasteiger partial charge on any atom is 0.164 e. The average Bonchev–Trinajstić information content (AvgIpc) is 3.38. The number of hydrogen-bond acceptors (Lipinski definition) is 4. The van der Waals surface area contributed by atoms with Crippen LogP contribution in [-0.4, -0.2) is 29.1 Å². The van der Waals surface area contributed by atoms with Gasteiger partial charge in [0.2, 0.25) is 0 Å². The Bertz CT molecular complexity index is 1920. The molecule has 0 saturated carbocycles. The number of aromatic nitrogens is 1. The van der Waals surface area contributed by atoms with Gasteiger partial charge >= 0.3 is 187 Å². The molecule has 5 rings (SSSR count). The molecule has 2 heterocycles. The Balaban J connectivity index is 0.000000322. The number of ketones is 1. The summed E-state index contributed by atoms with van der Waals surface area (Å²) < 4.78 is 7.91. The Morgan fingerprint density at radius 1 is 0.872 bits per heavy atom. The summed E-state index contributed by atoms with van der Waals surface area (Å²) in [5.74, 6) is 7.43. The van der Waals surface area contributed by atoms with Gasteiger partial charge in [-0.15, -0.1) is 0 Å². The summed E-state index contributed by atoms with van der Waals surface area (Å²) >= 11 is -1.94. The molecule has 1 N–H and O–H groups in total. The second-order valence-electron chi connectivity index (χ2n) is 15.9. The Morgan fingerprint density at radius 2 is 1.51 bits per heavy atom. The van der Waals surface area contributed by atoms with Crippen molar-refractivity contribution in [1.82, 2.24) is 4.98 Å². The van der Waals surface area contributed by atoms with Gasteiger partial charge in [0.25, 0.3) is 0 Å². The number of rotatable bonds is 7. The fraction of sp³-hybridized carbons (Fsp3) is 0.415. The molecule has 0 spiro atoms. The fourth-order valence-corrected chi connectivity index (χ4v) is 7.62. The monoisotopic (exact) mass is 873 g/mol. The van der Waals surface area contributed by atoms with Gasteiger partial charge in [-0.3, -0.25) is 4.79 Å². The summed E-state index contributed by atoms with van der Waals surface area (Å²) in [5.41, 5.74) is 4.29. The van der Waals surface area contributed by atoms with E-state index in [9.17, 15) is 9.90 Å². The smallest absolute Gasteiger partial charge is 0.164 e. The van der Waals surface area contributed by atoms with E-state index in [4.69, 9.17) is 9.40 Å². The maximum absolute atomic E-state index is 11.8. The summed E-state index contributed by atoms with van der Waals surface area (Å²) in [4.78, 5) is 16.6. The van der Waals surface area contributed by atoms with Crippen molar-refractivity contribution >= 4 is 56.2 Å². The third-order valence-electron chi connectivity index (χ3n) is 9.49. The molecule has 0 fully saturated rings. The topological polar surface area (TPSA) is 63.3 Å². The number of furan rings is 1. The summed E-state index contributed by atoms with van der Waals surface area (Å²) in [6.45, 7) is 18.4. The van der Waals surface area contributed by atoms with Crippen LogP contribution in [0.3, 0.4) is 0 Å². The molecule has 3 aromatic carbocycles. The molecule has 47 heavy (non-hydrogen) atoms. The van der Waals surface area contributed by atoms with Gasteiger partial charge < -0.3 is 5.11 Å². The molecular formula is C41H52GeIrNO3-. The average molecular weight is 872 g/mol. The van der Waals surface area contributed by atoms with Gasteiger partial charge in [0.1, 0.15) is 5.76 Å². The molecule has 1 radical (unpaired) electrons. The van der Waals surface area contributed by atoms with E-state index in [0.29, 0.717) is 0 Å². The number of pyridine rings is 1. The first kappa shape index (κ1) is 38.7. The van der Waals surface area contributed by atoms with Crippen molar-refractivity contribution in [3.63, 3.8) is 0 Å². The van der Waals surface area contributed by atoms with Crippen molar-refractivity contribution in [3.8, 4) is 11.3 Å². The Kier molecular flexibility index (Phi) is 11.9. The molecule has 5 aromatic rings. The van der Waals surface area contributed by atoms with Crippen LogP contribution in [0.5, 0.6) is 0 Å². The van der Waals surface area contributed by atoms with Gasteiger partial charge in [0.05, 0.1) is 0 Å². The van der Waals surface area contributed by atoms with Crippen LogP contribution in [0.1, 0.15) is 80.7 Å². The van der Waals surface area contributed by atoms with Crippen molar-refractivity contribution < 1.29 is 34.4 Å². The second kappa shape index (κ2) is 14.4. The minimum Gasteiger partial charge on any atom is -0.512 e. The zero-order valence-electron chi connectivity index (χ0n) is 30.3. The summed E-state index contributed by atoms with van der Waals surface area (Å²) in [7, 11) is 0. The quantitative estimate of drug-likeness (QED) is 0.0766. The first-order valence-corrected chi connectivity index (χ1v) is 23.9. The summed E-state index contributed by atoms with van der Waals surface area (Å²) in [6, 6.07) is 23.2. The fourth-order valence-electron chi connectivity index (χ4n) is 5.21. The van der Waals surface area contributed by atoms with Gasteiger partial charge in [-0.1, -0.05) is 41.5 Å². The van der Waals surface area contributed by atoms with Crippen molar-refractivity contribution in [3.05, 3.63) is 84.3 Å². The van der Waals surface area contributed by atoms with Crippen LogP contribution in [0, 0.1) is 16.9 Å². The molecule has 4 nitrogen and oxygen atoms in total. The van der Waals surface area contributed by atoms with Crippen LogP contribution in [0.25, 0.3) is 44.0 Å². The number of fused-ring (bicyclic) bond motifs is 4. The van der Waals surface area contributed by atoms with Gasteiger partial charge in [-0.25, -0.2) is 0 Å². The molecule has 0 saturated heterocycles. The van der Waals surface area contributed by atoms with Crippen LogP contribution >= 0.6 is 0 Å². The van der Waals surface area contributed by atoms with Gasteiger partial charge in [-0.2, -0.15) is 0 Å². The van der Waals surface area contributed by atoms with E-state index in [2.05, 4.69) is 98.7 Å². The molecule has 0 bridgehead atoms. The van der Waals surface area contributed by atoms with E-state index in [1.807, 2.05) is 47.7 Å². The minimum absolute atomic E-state index is 0. The largest absolute Gasteiger partial charge is 0.512 e. The van der Waals surface area contributed by atoms with E-state index < -0.39 is 13.3 Å². The first-order valence-electron chi connectivity index (χ1n) is 16.5. The van der Waals surface area contributed by atoms with Crippen LogP contribution in [0.15, 0.2) is 77.0 Å². The normalized spacial score (nSPS) is 13.0. The van der Waals surface area contributed by atoms with Gasteiger partial charge in [0, 0.05) is 37.0 Å². The number of carbonyl (C=O) groups is 1. The Morgan fingerprint density at radius 3 is 2.11 bits per heavy atom. The molecule has 6 heteroatoms. The van der Waals surface area contributed by atoms with Crippen LogP contribution in [0.2, 0.25) is 17.3 Å². The third-order valence-corrected chi connectivity index (χ3v) is 13.8. The standard InChI is InChI=1S/C28H28GeNO.C13H24O2.Ir/c1-28(2,3)24-16-19(15-18-9-7-8-10-21(18)24)26-27-23(13-14-30-26)22-12-11-20(29(4,5)6)17-25(22)31-27;1-7-12(3,4)10(14)9-11(15)13(5,6)8-2;/h7-14,16-17H,1-6H3;9,14H,7-8H2,1-6H3;/q-1;;/b;10-9-;. The number of benzene rings is 3. The first-order chi connectivity index (χ1) is 21.3. The number of aliphatic hydroxyl groups is 1. The van der Waals surface area contributed by atoms with Crippen molar-refractivity contribution in [1.29, 1.82) is 0 Å². The molecule has 0 aliphatic carbocycles. The van der Waals surface area contributed by atoms with E-state index >= 15 is 0 Å². The van der Waals surface area contributed by atoms with Crippen LogP contribution in [-0.2, 0) is 30.3 Å². The Hall–Kier alpha value is -2.73. The van der Waals surface area contributed by atoms with E-state index in [0.717, 1.165) is 51.4 Å². The molecule has 0 atom stereocenters. The molecule has 0 unspecified atom stereocenters. The number of nitrogens with zero attached hydrogens (tertiary/aromatic N) is 1. The van der Waals surface area contributed by atoms with Crippen LogP contribution < -0.4 is 4.40 Å². The molecule has 0 aliphatic heterocycles. The third kappa shape index (κ3) is 8.47. The predicted octanol–water partition coefficient (Wildman–Crippen LogP) is 11.3. The molecule has 0 aliphatic rings. The predicted molar refractivity (Wildman–Crippen MR) is 199 cm³/mol. The molecular weight excluding hydrogens is 819 g/mol. The summed E-state index contributed by atoms with van der Waals surface area (Å²) in [5, 5.41) is 14.5. The van der Waals surface area contributed by atoms with E-state index in [1.165, 1.54) is 21.4 Å². The second-order valence-corrected chi connectivity index (χ2v) is 26.5. The van der Waals surface area contributed by atoms with Gasteiger partial charge in [-0.05, 0) is 12.8 Å². The van der Waals surface area contributed by atoms with Crippen molar-refractivity contribution in [2.24, 2.45) is 10.8 Å². The van der Waals surface area contributed by atoms with Crippen molar-refractivity contribution in [2.45, 2.75) is 97.8 Å². The zero-order valence-corrected chi connectivity index (χ0v) is 34.8. The number of hydrogen-bond donors (Lipinski definition) is 1. The van der Waals surface area contributed by atoms with Gasteiger partial charge in [0.15, 0.2) is 5.78 Å². The summed E-state index contributed by atoms with van der Waals surface area (Å²) in [6.07, 6.45) is 4.88. The number of aliphatic hydroxyl groups excluding tert-OH is 1.